The number of para-hydroxylation sites is 1. The number of hydrogen-bond donors (Lipinski definition) is 2. The van der Waals surface area contributed by atoms with Crippen LogP contribution in [0.1, 0.15) is 12.0 Å². The third kappa shape index (κ3) is 8.41. The average molecular weight is 479 g/mol. The lowest BCUT2D eigenvalue weighted by molar-refractivity contribution is -0.132. The van der Waals surface area contributed by atoms with Crippen LogP contribution in [0.2, 0.25) is 0 Å². The van der Waals surface area contributed by atoms with Crippen molar-refractivity contribution in [1.29, 1.82) is 0 Å². The van der Waals surface area contributed by atoms with Crippen LogP contribution in [0.3, 0.4) is 0 Å². The fraction of sp³-hybridized carbons (Fsp3) is 0.278. The van der Waals surface area contributed by atoms with Crippen molar-refractivity contribution in [3.05, 3.63) is 60.2 Å². The number of nitrogens with zero attached hydrogens (tertiary/aromatic N) is 1. The van der Waals surface area contributed by atoms with Crippen LogP contribution < -0.4 is 15.4 Å². The molecule has 2 N–H and O–H groups in total. The zero-order valence-corrected chi connectivity index (χ0v) is 16.5. The summed E-state index contributed by atoms with van der Waals surface area (Å²) >= 11 is 0. The molecule has 0 spiro atoms. The van der Waals surface area contributed by atoms with Crippen molar-refractivity contribution < 1.29 is 17.9 Å². The number of halogens is 4. The Kier molecular flexibility index (Phi) is 9.25. The topological polar surface area (TPSA) is 45.7 Å². The Morgan fingerprint density at radius 2 is 1.58 bits per heavy atom. The van der Waals surface area contributed by atoms with E-state index < -0.39 is 12.6 Å². The molecule has 0 heterocycles. The van der Waals surface area contributed by atoms with Crippen molar-refractivity contribution in [2.75, 3.05) is 13.6 Å². The average Bonchev–Trinajstić information content (AvgIpc) is 2.59. The third-order valence-corrected chi connectivity index (χ3v) is 3.29. The molecule has 0 aliphatic heterocycles. The zero-order chi connectivity index (χ0) is 18.1. The molecular weight excluding hydrogens is 458 g/mol. The van der Waals surface area contributed by atoms with E-state index in [1.807, 2.05) is 54.6 Å². The highest BCUT2D eigenvalue weighted by molar-refractivity contribution is 14.0. The molecule has 0 atom stereocenters. The van der Waals surface area contributed by atoms with E-state index in [9.17, 15) is 13.2 Å². The molecule has 2 rings (SSSR count). The lowest BCUT2D eigenvalue weighted by Gasteiger charge is -2.13. The molecule has 26 heavy (non-hydrogen) atoms. The molecule has 0 unspecified atom stereocenters. The van der Waals surface area contributed by atoms with Gasteiger partial charge in [-0.05, 0) is 29.8 Å². The molecule has 0 fully saturated rings. The smallest absolute Gasteiger partial charge is 0.390 e. The summed E-state index contributed by atoms with van der Waals surface area (Å²) in [6.45, 7) is 0.227. The van der Waals surface area contributed by atoms with Gasteiger partial charge >= 0.3 is 6.18 Å². The van der Waals surface area contributed by atoms with E-state index in [0.29, 0.717) is 18.3 Å². The van der Waals surface area contributed by atoms with E-state index in [-0.39, 0.29) is 30.5 Å². The van der Waals surface area contributed by atoms with Crippen molar-refractivity contribution in [2.45, 2.75) is 19.1 Å². The van der Waals surface area contributed by atoms with Crippen molar-refractivity contribution in [2.24, 2.45) is 4.99 Å². The Hall–Kier alpha value is -1.97. The maximum absolute atomic E-state index is 12.1. The Bertz CT molecular complexity index is 676. The van der Waals surface area contributed by atoms with Gasteiger partial charge in [0.2, 0.25) is 0 Å². The van der Waals surface area contributed by atoms with Crippen LogP contribution in [-0.4, -0.2) is 25.7 Å². The van der Waals surface area contributed by atoms with Crippen molar-refractivity contribution >= 4 is 29.9 Å². The minimum Gasteiger partial charge on any atom is -0.457 e. The van der Waals surface area contributed by atoms with Gasteiger partial charge in [-0.15, -0.1) is 24.0 Å². The molecular formula is C18H21F3IN3O. The van der Waals surface area contributed by atoms with Gasteiger partial charge in [0.15, 0.2) is 5.96 Å². The van der Waals surface area contributed by atoms with Crippen LogP contribution in [-0.2, 0) is 6.54 Å². The maximum Gasteiger partial charge on any atom is 0.390 e. The van der Waals surface area contributed by atoms with Gasteiger partial charge in [0.05, 0.1) is 6.42 Å². The molecule has 0 saturated heterocycles. The third-order valence-electron chi connectivity index (χ3n) is 3.29. The summed E-state index contributed by atoms with van der Waals surface area (Å²) in [5.41, 5.74) is 0.958. The molecule has 0 radical (unpaired) electrons. The van der Waals surface area contributed by atoms with E-state index in [1.165, 1.54) is 7.05 Å². The van der Waals surface area contributed by atoms with Crippen molar-refractivity contribution in [1.82, 2.24) is 10.6 Å². The second kappa shape index (κ2) is 10.9. The molecule has 0 saturated carbocycles. The standard InChI is InChI=1S/C18H20F3N3O.HI/c1-22-17(23-12-11-18(19,20)21)24-13-14-7-9-16(10-8-14)25-15-5-3-2-4-6-15;/h2-10H,11-13H2,1H3,(H2,22,23,24);1H. The number of nitrogens with one attached hydrogen (secondary N) is 2. The van der Waals surface area contributed by atoms with Crippen LogP contribution in [0, 0.1) is 0 Å². The zero-order valence-electron chi connectivity index (χ0n) is 14.2. The summed E-state index contributed by atoms with van der Waals surface area (Å²) < 4.78 is 42.1. The number of guanidine groups is 1. The predicted molar refractivity (Wildman–Crippen MR) is 107 cm³/mol. The lowest BCUT2D eigenvalue weighted by atomic mass is 10.2. The first kappa shape index (κ1) is 22.1. The molecule has 142 valence electrons. The summed E-state index contributed by atoms with van der Waals surface area (Å²) in [7, 11) is 1.51. The fourth-order valence-corrected chi connectivity index (χ4v) is 2.03. The SMILES string of the molecule is CN=C(NCCC(F)(F)F)NCc1ccc(Oc2ccccc2)cc1.I. The number of ether oxygens (including phenoxy) is 1. The number of hydrogen-bond acceptors (Lipinski definition) is 2. The first-order chi connectivity index (χ1) is 12.0. The molecule has 0 aromatic heterocycles. The Labute approximate surface area is 167 Å². The number of alkyl halides is 3. The predicted octanol–water partition coefficient (Wildman–Crippen LogP) is 4.71. The molecule has 4 nitrogen and oxygen atoms in total. The quantitative estimate of drug-likeness (QED) is 0.359. The van der Waals surface area contributed by atoms with E-state index >= 15 is 0 Å². The second-order valence-corrected chi connectivity index (χ2v) is 5.28. The summed E-state index contributed by atoms with van der Waals surface area (Å²) in [6.07, 6.45) is -5.08. The second-order valence-electron chi connectivity index (χ2n) is 5.28. The van der Waals surface area contributed by atoms with Crippen LogP contribution in [0.15, 0.2) is 59.6 Å². The Balaban J connectivity index is 0.00000338. The normalized spacial score (nSPS) is 11.5. The summed E-state index contributed by atoms with van der Waals surface area (Å²) in [5.74, 6) is 1.79. The van der Waals surface area contributed by atoms with E-state index in [4.69, 9.17) is 4.74 Å². The molecule has 0 amide bonds. The Morgan fingerprint density at radius 3 is 2.15 bits per heavy atom. The first-order valence-corrected chi connectivity index (χ1v) is 7.79. The minimum absolute atomic E-state index is 0. The van der Waals surface area contributed by atoms with Crippen molar-refractivity contribution in [3.63, 3.8) is 0 Å². The molecule has 8 heteroatoms. The first-order valence-electron chi connectivity index (χ1n) is 7.79. The van der Waals surface area contributed by atoms with Gasteiger partial charge < -0.3 is 15.4 Å². The largest absolute Gasteiger partial charge is 0.457 e. The number of benzene rings is 2. The van der Waals surface area contributed by atoms with Crippen LogP contribution in [0.4, 0.5) is 13.2 Å². The highest BCUT2D eigenvalue weighted by Gasteiger charge is 2.26. The molecule has 2 aromatic rings. The van der Waals surface area contributed by atoms with Crippen LogP contribution >= 0.6 is 24.0 Å². The van der Waals surface area contributed by atoms with Crippen LogP contribution in [0.25, 0.3) is 0 Å². The van der Waals surface area contributed by atoms with E-state index in [0.717, 1.165) is 11.3 Å². The highest BCUT2D eigenvalue weighted by atomic mass is 127. The summed E-state index contributed by atoms with van der Waals surface area (Å²) in [6, 6.07) is 16.9. The fourth-order valence-electron chi connectivity index (χ4n) is 2.03. The van der Waals surface area contributed by atoms with Crippen LogP contribution in [0.5, 0.6) is 11.5 Å². The molecule has 0 aliphatic carbocycles. The molecule has 0 bridgehead atoms. The van der Waals surface area contributed by atoms with E-state index in [2.05, 4.69) is 15.6 Å². The van der Waals surface area contributed by atoms with Gasteiger partial charge in [-0.2, -0.15) is 13.2 Å². The van der Waals surface area contributed by atoms with Gasteiger partial charge in [-0.25, -0.2) is 0 Å². The highest BCUT2D eigenvalue weighted by Crippen LogP contribution is 2.21. The number of rotatable bonds is 6. The minimum atomic E-state index is -4.18. The monoisotopic (exact) mass is 479 g/mol. The summed E-state index contributed by atoms with van der Waals surface area (Å²) in [4.78, 5) is 3.90. The summed E-state index contributed by atoms with van der Waals surface area (Å²) in [5, 5.41) is 5.61. The van der Waals surface area contributed by atoms with Gasteiger partial charge in [0.1, 0.15) is 11.5 Å². The van der Waals surface area contributed by atoms with Gasteiger partial charge in [-0.1, -0.05) is 30.3 Å². The Morgan fingerprint density at radius 1 is 0.962 bits per heavy atom. The van der Waals surface area contributed by atoms with Gasteiger partial charge in [-0.3, -0.25) is 4.99 Å². The van der Waals surface area contributed by atoms with E-state index in [1.54, 1.807) is 0 Å². The van der Waals surface area contributed by atoms with Gasteiger partial charge in [0, 0.05) is 20.1 Å². The molecule has 2 aromatic carbocycles. The lowest BCUT2D eigenvalue weighted by Crippen LogP contribution is -2.38. The van der Waals surface area contributed by atoms with Crippen molar-refractivity contribution in [3.8, 4) is 11.5 Å². The van der Waals surface area contributed by atoms with Gasteiger partial charge in [0.25, 0.3) is 0 Å². The number of aliphatic imine (C=N–C) groups is 1. The molecule has 0 aliphatic rings. The maximum atomic E-state index is 12.1.